The summed E-state index contributed by atoms with van der Waals surface area (Å²) in [6.07, 6.45) is 12.4. The van der Waals surface area contributed by atoms with Crippen molar-refractivity contribution < 1.29 is 4.39 Å². The molecule has 0 N–H and O–H groups in total. The van der Waals surface area contributed by atoms with Gasteiger partial charge in [-0.05, 0) is 31.8 Å². The number of alkyl halides is 1. The normalized spacial score (nSPS) is 21.5. The third-order valence-electron chi connectivity index (χ3n) is 5.09. The van der Waals surface area contributed by atoms with E-state index < -0.39 is 5.67 Å². The van der Waals surface area contributed by atoms with Crippen molar-refractivity contribution in [2.75, 3.05) is 26.7 Å². The van der Waals surface area contributed by atoms with Gasteiger partial charge in [-0.15, -0.1) is 6.58 Å². The fourth-order valence-electron chi connectivity index (χ4n) is 2.95. The number of allylic oxidation sites excluding steroid dienone is 2. The van der Waals surface area contributed by atoms with E-state index in [-0.39, 0.29) is 6.04 Å². The molecule has 0 radical (unpaired) electrons. The molecular formula is C21H36FN3. The summed E-state index contributed by atoms with van der Waals surface area (Å²) in [5, 5.41) is 0. The van der Waals surface area contributed by atoms with Gasteiger partial charge in [0, 0.05) is 26.3 Å². The first kappa shape index (κ1) is 21.6. The molecule has 25 heavy (non-hydrogen) atoms. The maximum Gasteiger partial charge on any atom is 0.131 e. The second-order valence-electron chi connectivity index (χ2n) is 7.28. The van der Waals surface area contributed by atoms with Crippen LogP contribution in [0.15, 0.2) is 42.1 Å². The maximum absolute atomic E-state index is 14.8. The Bertz CT molecular complexity index is 493. The monoisotopic (exact) mass is 349 g/mol. The maximum atomic E-state index is 14.8. The van der Waals surface area contributed by atoms with Crippen LogP contribution in [0.5, 0.6) is 0 Å². The van der Waals surface area contributed by atoms with E-state index >= 15 is 0 Å². The average molecular weight is 350 g/mol. The number of aliphatic imine (C=N–C) groups is 1. The van der Waals surface area contributed by atoms with Crippen molar-refractivity contribution in [3.05, 3.63) is 37.1 Å². The lowest BCUT2D eigenvalue weighted by atomic mass is 9.93. The molecule has 1 heterocycles. The first-order valence-corrected chi connectivity index (χ1v) is 9.49. The van der Waals surface area contributed by atoms with Crippen molar-refractivity contribution in [1.82, 2.24) is 9.80 Å². The van der Waals surface area contributed by atoms with Crippen LogP contribution >= 0.6 is 0 Å². The van der Waals surface area contributed by atoms with Gasteiger partial charge in [-0.2, -0.15) is 0 Å². The minimum atomic E-state index is -1.25. The summed E-state index contributed by atoms with van der Waals surface area (Å²) in [6.45, 7) is 14.4. The van der Waals surface area contributed by atoms with Crippen LogP contribution < -0.4 is 0 Å². The first-order chi connectivity index (χ1) is 11.9. The van der Waals surface area contributed by atoms with Crippen LogP contribution in [-0.2, 0) is 0 Å². The van der Waals surface area contributed by atoms with E-state index in [9.17, 15) is 4.39 Å². The molecule has 0 aromatic carbocycles. The SMILES string of the molecule is C=CC/C=C\CN(CC1=NC=CC(C(C)(F)CC)N1C)CC(C)CC. The number of nitrogens with zero attached hydrogens (tertiary/aromatic N) is 3. The van der Waals surface area contributed by atoms with Gasteiger partial charge < -0.3 is 4.90 Å². The number of hydrogen-bond donors (Lipinski definition) is 0. The Hall–Kier alpha value is -1.42. The van der Waals surface area contributed by atoms with Gasteiger partial charge in [0.1, 0.15) is 11.5 Å². The molecular weight excluding hydrogens is 313 g/mol. The molecule has 3 unspecified atom stereocenters. The largest absolute Gasteiger partial charge is 0.352 e. The Morgan fingerprint density at radius 1 is 1.44 bits per heavy atom. The summed E-state index contributed by atoms with van der Waals surface area (Å²) in [6, 6.07) is -0.258. The topological polar surface area (TPSA) is 18.8 Å². The summed E-state index contributed by atoms with van der Waals surface area (Å²) < 4.78 is 14.8. The third kappa shape index (κ3) is 6.77. The number of likely N-dealkylation sites (N-methyl/N-ethyl adjacent to an activating group) is 1. The van der Waals surface area contributed by atoms with Gasteiger partial charge in [0.25, 0.3) is 0 Å². The summed E-state index contributed by atoms with van der Waals surface area (Å²) in [7, 11) is 1.95. The Morgan fingerprint density at radius 2 is 2.16 bits per heavy atom. The number of halogens is 1. The Kier molecular flexibility index (Phi) is 9.12. The van der Waals surface area contributed by atoms with Crippen LogP contribution in [0.4, 0.5) is 4.39 Å². The summed E-state index contributed by atoms with van der Waals surface area (Å²) in [5.74, 6) is 1.56. The van der Waals surface area contributed by atoms with Crippen molar-refractivity contribution in [2.24, 2.45) is 10.9 Å². The van der Waals surface area contributed by atoms with E-state index in [1.54, 1.807) is 13.1 Å². The summed E-state index contributed by atoms with van der Waals surface area (Å²) in [4.78, 5) is 8.93. The number of amidine groups is 1. The van der Waals surface area contributed by atoms with Crippen molar-refractivity contribution in [2.45, 2.75) is 58.7 Å². The van der Waals surface area contributed by atoms with Crippen LogP contribution in [0.1, 0.15) is 47.0 Å². The third-order valence-corrected chi connectivity index (χ3v) is 5.09. The Balaban J connectivity index is 2.82. The molecule has 0 aromatic heterocycles. The molecule has 3 nitrogen and oxygen atoms in total. The molecule has 1 rings (SSSR count). The van der Waals surface area contributed by atoms with Gasteiger partial charge in [-0.3, -0.25) is 4.90 Å². The molecule has 0 amide bonds. The molecule has 0 saturated carbocycles. The summed E-state index contributed by atoms with van der Waals surface area (Å²) >= 11 is 0. The van der Waals surface area contributed by atoms with E-state index in [2.05, 4.69) is 42.5 Å². The van der Waals surface area contributed by atoms with Gasteiger partial charge in [0.15, 0.2) is 0 Å². The molecule has 4 heteroatoms. The zero-order chi connectivity index (χ0) is 18.9. The highest BCUT2D eigenvalue weighted by Gasteiger charge is 2.36. The standard InChI is InChI=1S/C21H36FN3/c1-7-10-11-12-15-25(16-18(4)8-2)17-20-23-14-13-19(24(20)6)21(5,22)9-3/h7,11-14,18-19H,1,8-10,15-17H2,2-6H3/b12-11-. The lowest BCUT2D eigenvalue weighted by Gasteiger charge is -2.39. The van der Waals surface area contributed by atoms with Crippen LogP contribution in [0.3, 0.4) is 0 Å². The molecule has 3 atom stereocenters. The average Bonchev–Trinajstić information content (AvgIpc) is 2.59. The predicted molar refractivity (Wildman–Crippen MR) is 108 cm³/mol. The molecule has 142 valence electrons. The molecule has 0 fully saturated rings. The van der Waals surface area contributed by atoms with Crippen molar-refractivity contribution in [1.29, 1.82) is 0 Å². The molecule has 0 spiro atoms. The van der Waals surface area contributed by atoms with Gasteiger partial charge in [0.2, 0.25) is 0 Å². The second-order valence-corrected chi connectivity index (χ2v) is 7.28. The lowest BCUT2D eigenvalue weighted by Crippen LogP contribution is -2.52. The second kappa shape index (κ2) is 10.5. The van der Waals surface area contributed by atoms with E-state index in [0.29, 0.717) is 12.3 Å². The van der Waals surface area contributed by atoms with Crippen LogP contribution in [0, 0.1) is 5.92 Å². The minimum Gasteiger partial charge on any atom is -0.352 e. The Morgan fingerprint density at radius 3 is 2.76 bits per heavy atom. The van der Waals surface area contributed by atoms with Crippen molar-refractivity contribution in [3.8, 4) is 0 Å². The highest BCUT2D eigenvalue weighted by molar-refractivity contribution is 5.86. The van der Waals surface area contributed by atoms with E-state index in [0.717, 1.165) is 38.3 Å². The minimum absolute atomic E-state index is 0.258. The smallest absolute Gasteiger partial charge is 0.131 e. The quantitative estimate of drug-likeness (QED) is 0.498. The van der Waals surface area contributed by atoms with Gasteiger partial charge >= 0.3 is 0 Å². The van der Waals surface area contributed by atoms with Crippen LogP contribution in [0.25, 0.3) is 0 Å². The van der Waals surface area contributed by atoms with Crippen LogP contribution in [-0.4, -0.2) is 54.0 Å². The predicted octanol–water partition coefficient (Wildman–Crippen LogP) is 4.83. The van der Waals surface area contributed by atoms with Crippen molar-refractivity contribution >= 4 is 5.84 Å². The fourth-order valence-corrected chi connectivity index (χ4v) is 2.95. The highest BCUT2D eigenvalue weighted by atomic mass is 19.1. The summed E-state index contributed by atoms with van der Waals surface area (Å²) in [5.41, 5.74) is -1.25. The molecule has 0 bridgehead atoms. The van der Waals surface area contributed by atoms with E-state index in [1.165, 1.54) is 0 Å². The molecule has 0 saturated heterocycles. The lowest BCUT2D eigenvalue weighted by molar-refractivity contribution is 0.104. The molecule has 0 aliphatic carbocycles. The van der Waals surface area contributed by atoms with E-state index in [1.807, 2.05) is 31.0 Å². The zero-order valence-corrected chi connectivity index (χ0v) is 16.7. The van der Waals surface area contributed by atoms with Crippen molar-refractivity contribution in [3.63, 3.8) is 0 Å². The molecule has 0 aromatic rings. The van der Waals surface area contributed by atoms with Gasteiger partial charge in [-0.1, -0.05) is 45.4 Å². The van der Waals surface area contributed by atoms with Gasteiger partial charge in [-0.25, -0.2) is 9.38 Å². The van der Waals surface area contributed by atoms with Gasteiger partial charge in [0.05, 0.1) is 12.6 Å². The van der Waals surface area contributed by atoms with E-state index in [4.69, 9.17) is 0 Å². The Labute approximate surface area is 154 Å². The fraction of sp³-hybridized carbons (Fsp3) is 0.667. The first-order valence-electron chi connectivity index (χ1n) is 9.49. The number of rotatable bonds is 11. The van der Waals surface area contributed by atoms with Crippen LogP contribution in [0.2, 0.25) is 0 Å². The highest BCUT2D eigenvalue weighted by Crippen LogP contribution is 2.27. The molecule has 1 aliphatic rings. The molecule has 1 aliphatic heterocycles. The number of hydrogen-bond acceptors (Lipinski definition) is 3. The zero-order valence-electron chi connectivity index (χ0n) is 16.7.